The van der Waals surface area contributed by atoms with Gasteiger partial charge in [-0.1, -0.05) is 43.7 Å². The summed E-state index contributed by atoms with van der Waals surface area (Å²) >= 11 is 6.01. The number of rotatable bonds is 3. The van der Waals surface area contributed by atoms with Gasteiger partial charge in [0, 0.05) is 5.02 Å². The predicted octanol–water partition coefficient (Wildman–Crippen LogP) is 4.79. The van der Waals surface area contributed by atoms with Crippen LogP contribution in [0.2, 0.25) is 5.02 Å². The Balaban J connectivity index is 2.08. The Morgan fingerprint density at radius 2 is 2.00 bits per heavy atom. The molecule has 0 amide bonds. The van der Waals surface area contributed by atoms with Crippen molar-refractivity contribution in [1.29, 1.82) is 0 Å². The summed E-state index contributed by atoms with van der Waals surface area (Å²) in [6.07, 6.45) is 6.37. The van der Waals surface area contributed by atoms with Crippen LogP contribution in [0.4, 0.5) is 4.39 Å². The summed E-state index contributed by atoms with van der Waals surface area (Å²) in [6.45, 7) is 1.70. The Kier molecular flexibility index (Phi) is 4.63. The van der Waals surface area contributed by atoms with Gasteiger partial charge in [0.25, 0.3) is 0 Å². The van der Waals surface area contributed by atoms with Crippen molar-refractivity contribution in [3.05, 3.63) is 34.1 Å². The van der Waals surface area contributed by atoms with Gasteiger partial charge < -0.3 is 5.11 Å². The third-order valence-corrected chi connectivity index (χ3v) is 4.25. The van der Waals surface area contributed by atoms with Crippen LogP contribution in [0.5, 0.6) is 0 Å². The second kappa shape index (κ2) is 6.03. The number of benzene rings is 1. The molecule has 0 aliphatic heterocycles. The Hall–Kier alpha value is -0.600. The molecule has 0 bridgehead atoms. The smallest absolute Gasteiger partial charge is 0.127 e. The van der Waals surface area contributed by atoms with Crippen LogP contribution in [-0.2, 0) is 0 Å². The van der Waals surface area contributed by atoms with Crippen molar-refractivity contribution in [2.45, 2.75) is 51.6 Å². The van der Waals surface area contributed by atoms with Gasteiger partial charge in [-0.15, -0.1) is 0 Å². The predicted molar refractivity (Wildman–Crippen MR) is 72.3 cm³/mol. The fraction of sp³-hybridized carbons (Fsp3) is 0.600. The van der Waals surface area contributed by atoms with E-state index < -0.39 is 6.10 Å². The maximum atomic E-state index is 13.3. The van der Waals surface area contributed by atoms with Gasteiger partial charge in [-0.25, -0.2) is 4.39 Å². The maximum Gasteiger partial charge on any atom is 0.127 e. The highest BCUT2D eigenvalue weighted by Crippen LogP contribution is 2.34. The van der Waals surface area contributed by atoms with E-state index >= 15 is 0 Å². The van der Waals surface area contributed by atoms with Gasteiger partial charge in [-0.05, 0) is 42.5 Å². The number of halogens is 2. The van der Waals surface area contributed by atoms with Crippen molar-refractivity contribution >= 4 is 11.6 Å². The van der Waals surface area contributed by atoms with E-state index in [4.69, 9.17) is 11.6 Å². The molecular weight excluding hydrogens is 251 g/mol. The van der Waals surface area contributed by atoms with Crippen LogP contribution in [0, 0.1) is 18.7 Å². The standard InChI is InChI=1S/C15H20ClFO/c1-10-7-12(13(16)9-14(10)17)15(18)8-11-5-3-2-4-6-11/h7,9,11,15,18H,2-6,8H2,1H3. The molecule has 1 aliphatic carbocycles. The van der Waals surface area contributed by atoms with Crippen LogP contribution in [0.1, 0.15) is 55.8 Å². The molecule has 1 aromatic rings. The molecular formula is C15H20ClFO. The topological polar surface area (TPSA) is 20.2 Å². The van der Waals surface area contributed by atoms with Crippen molar-refractivity contribution in [2.75, 3.05) is 0 Å². The molecule has 1 aliphatic rings. The number of aliphatic hydroxyl groups excluding tert-OH is 1. The maximum absolute atomic E-state index is 13.3. The van der Waals surface area contributed by atoms with Crippen molar-refractivity contribution in [3.8, 4) is 0 Å². The molecule has 1 N–H and O–H groups in total. The van der Waals surface area contributed by atoms with Crippen molar-refractivity contribution in [1.82, 2.24) is 0 Å². The minimum atomic E-state index is -0.570. The first-order chi connectivity index (χ1) is 8.58. The van der Waals surface area contributed by atoms with E-state index in [0.29, 0.717) is 22.1 Å². The molecule has 0 radical (unpaired) electrons. The Bertz CT molecular complexity index is 413. The first-order valence-electron chi connectivity index (χ1n) is 6.71. The highest BCUT2D eigenvalue weighted by atomic mass is 35.5. The Labute approximate surface area is 113 Å². The zero-order valence-electron chi connectivity index (χ0n) is 10.8. The van der Waals surface area contributed by atoms with E-state index in [1.54, 1.807) is 13.0 Å². The monoisotopic (exact) mass is 270 g/mol. The molecule has 0 saturated heterocycles. The number of aliphatic hydroxyl groups is 1. The molecule has 1 aromatic carbocycles. The fourth-order valence-corrected chi connectivity index (χ4v) is 3.08. The summed E-state index contributed by atoms with van der Waals surface area (Å²) in [5.74, 6) is 0.267. The van der Waals surface area contributed by atoms with Crippen molar-refractivity contribution in [3.63, 3.8) is 0 Å². The largest absolute Gasteiger partial charge is 0.388 e. The lowest BCUT2D eigenvalue weighted by molar-refractivity contribution is 0.131. The lowest BCUT2D eigenvalue weighted by Gasteiger charge is -2.24. The summed E-state index contributed by atoms with van der Waals surface area (Å²) in [5, 5.41) is 10.6. The average Bonchev–Trinajstić information content (AvgIpc) is 2.35. The molecule has 0 aromatic heterocycles. The zero-order chi connectivity index (χ0) is 13.1. The number of aryl methyl sites for hydroxylation is 1. The van der Waals surface area contributed by atoms with Gasteiger partial charge in [0.2, 0.25) is 0 Å². The van der Waals surface area contributed by atoms with E-state index in [9.17, 15) is 9.50 Å². The molecule has 2 rings (SSSR count). The first kappa shape index (κ1) is 13.8. The Morgan fingerprint density at radius 3 is 2.67 bits per heavy atom. The number of hydrogen-bond donors (Lipinski definition) is 1. The summed E-state index contributed by atoms with van der Waals surface area (Å²) in [6, 6.07) is 2.97. The summed E-state index contributed by atoms with van der Waals surface area (Å²) in [7, 11) is 0. The Morgan fingerprint density at radius 1 is 1.33 bits per heavy atom. The molecule has 18 heavy (non-hydrogen) atoms. The van der Waals surface area contributed by atoms with E-state index in [1.807, 2.05) is 0 Å². The van der Waals surface area contributed by atoms with Gasteiger partial charge in [0.15, 0.2) is 0 Å². The van der Waals surface area contributed by atoms with Gasteiger partial charge in [0.1, 0.15) is 5.82 Å². The second-order valence-corrected chi connectivity index (χ2v) is 5.79. The van der Waals surface area contributed by atoms with Gasteiger partial charge in [-0.3, -0.25) is 0 Å². The molecule has 1 fully saturated rings. The zero-order valence-corrected chi connectivity index (χ0v) is 11.5. The van der Waals surface area contributed by atoms with Gasteiger partial charge in [0.05, 0.1) is 6.10 Å². The average molecular weight is 271 g/mol. The van der Waals surface area contributed by atoms with Crippen LogP contribution >= 0.6 is 11.6 Å². The normalized spacial score (nSPS) is 18.9. The summed E-state index contributed by atoms with van der Waals surface area (Å²) in [5.41, 5.74) is 1.21. The molecule has 0 heterocycles. The fourth-order valence-electron chi connectivity index (χ4n) is 2.80. The second-order valence-electron chi connectivity index (χ2n) is 5.38. The summed E-state index contributed by atoms with van der Waals surface area (Å²) in [4.78, 5) is 0. The third kappa shape index (κ3) is 3.24. The van der Waals surface area contributed by atoms with Crippen LogP contribution in [-0.4, -0.2) is 5.11 Å². The van der Waals surface area contributed by atoms with Gasteiger partial charge in [-0.2, -0.15) is 0 Å². The van der Waals surface area contributed by atoms with Crippen LogP contribution < -0.4 is 0 Å². The van der Waals surface area contributed by atoms with E-state index in [0.717, 1.165) is 6.42 Å². The van der Waals surface area contributed by atoms with Crippen molar-refractivity contribution in [2.24, 2.45) is 5.92 Å². The third-order valence-electron chi connectivity index (χ3n) is 3.92. The molecule has 1 nitrogen and oxygen atoms in total. The molecule has 1 unspecified atom stereocenters. The molecule has 1 atom stereocenters. The summed E-state index contributed by atoms with van der Waals surface area (Å²) < 4.78 is 13.3. The molecule has 3 heteroatoms. The highest BCUT2D eigenvalue weighted by molar-refractivity contribution is 6.31. The van der Waals surface area contributed by atoms with Crippen LogP contribution in [0.15, 0.2) is 12.1 Å². The lowest BCUT2D eigenvalue weighted by Crippen LogP contribution is -2.11. The molecule has 1 saturated carbocycles. The van der Waals surface area contributed by atoms with Crippen LogP contribution in [0.3, 0.4) is 0 Å². The van der Waals surface area contributed by atoms with Crippen LogP contribution in [0.25, 0.3) is 0 Å². The first-order valence-corrected chi connectivity index (χ1v) is 7.09. The molecule has 0 spiro atoms. The van der Waals surface area contributed by atoms with E-state index in [2.05, 4.69) is 0 Å². The minimum Gasteiger partial charge on any atom is -0.388 e. The van der Waals surface area contributed by atoms with Gasteiger partial charge >= 0.3 is 0 Å². The quantitative estimate of drug-likeness (QED) is 0.837. The minimum absolute atomic E-state index is 0.311. The van der Waals surface area contributed by atoms with E-state index in [1.165, 1.54) is 38.2 Å². The lowest BCUT2D eigenvalue weighted by atomic mass is 9.84. The molecule has 100 valence electrons. The SMILES string of the molecule is Cc1cc(C(O)CC2CCCCC2)c(Cl)cc1F. The van der Waals surface area contributed by atoms with E-state index in [-0.39, 0.29) is 5.82 Å². The number of hydrogen-bond acceptors (Lipinski definition) is 1. The van der Waals surface area contributed by atoms with Crippen molar-refractivity contribution < 1.29 is 9.50 Å². The highest BCUT2D eigenvalue weighted by Gasteiger charge is 2.20.